The van der Waals surface area contributed by atoms with Crippen LogP contribution in [0.2, 0.25) is 0 Å². The van der Waals surface area contributed by atoms with Crippen molar-refractivity contribution >= 4 is 17.5 Å². The molecule has 29 heavy (non-hydrogen) atoms. The maximum absolute atomic E-state index is 12.7. The Morgan fingerprint density at radius 3 is 2.52 bits per heavy atom. The normalized spacial score (nSPS) is 16.0. The fourth-order valence-corrected chi connectivity index (χ4v) is 3.45. The molecular weight excluding hydrogens is 368 g/mol. The van der Waals surface area contributed by atoms with Crippen LogP contribution in [-0.4, -0.2) is 43.0 Å². The SMILES string of the molecule is CCOc1ccc(NC(=O)C2CC(=O)N(CCc3ccccc3)C2)cc1OCC. The zero-order valence-corrected chi connectivity index (χ0v) is 17.0. The molecule has 1 heterocycles. The van der Waals surface area contributed by atoms with E-state index >= 15 is 0 Å². The van der Waals surface area contributed by atoms with E-state index in [-0.39, 0.29) is 24.2 Å². The Morgan fingerprint density at radius 2 is 1.79 bits per heavy atom. The lowest BCUT2D eigenvalue weighted by atomic mass is 10.1. The number of hydrogen-bond donors (Lipinski definition) is 1. The second-order valence-electron chi connectivity index (χ2n) is 6.99. The number of anilines is 1. The van der Waals surface area contributed by atoms with E-state index in [1.807, 2.05) is 44.2 Å². The minimum absolute atomic E-state index is 0.0304. The van der Waals surface area contributed by atoms with E-state index < -0.39 is 0 Å². The first kappa shape index (κ1) is 20.7. The monoisotopic (exact) mass is 396 g/mol. The van der Waals surface area contributed by atoms with Crippen LogP contribution < -0.4 is 14.8 Å². The van der Waals surface area contributed by atoms with Crippen molar-refractivity contribution in [3.63, 3.8) is 0 Å². The first-order valence-electron chi connectivity index (χ1n) is 10.1. The number of likely N-dealkylation sites (tertiary alicyclic amines) is 1. The van der Waals surface area contributed by atoms with Crippen molar-refractivity contribution in [1.82, 2.24) is 4.90 Å². The van der Waals surface area contributed by atoms with Crippen molar-refractivity contribution in [2.24, 2.45) is 5.92 Å². The molecule has 1 aliphatic rings. The molecule has 154 valence electrons. The van der Waals surface area contributed by atoms with Crippen LogP contribution in [0.15, 0.2) is 48.5 Å². The molecule has 1 saturated heterocycles. The summed E-state index contributed by atoms with van der Waals surface area (Å²) in [5, 5.41) is 2.91. The maximum atomic E-state index is 12.7. The number of amides is 2. The zero-order chi connectivity index (χ0) is 20.6. The number of hydrogen-bond acceptors (Lipinski definition) is 4. The first-order chi connectivity index (χ1) is 14.1. The number of carbonyl (C=O) groups is 2. The second kappa shape index (κ2) is 9.96. The molecule has 0 saturated carbocycles. The standard InChI is InChI=1S/C23H28N2O4/c1-3-28-20-11-10-19(15-21(20)29-4-2)24-23(27)18-14-22(26)25(16-18)13-12-17-8-6-5-7-9-17/h5-11,15,18H,3-4,12-14,16H2,1-2H3,(H,24,27). The van der Waals surface area contributed by atoms with E-state index in [9.17, 15) is 9.59 Å². The van der Waals surface area contributed by atoms with E-state index in [1.165, 1.54) is 5.56 Å². The van der Waals surface area contributed by atoms with Crippen LogP contribution in [0, 0.1) is 5.92 Å². The molecule has 2 amide bonds. The van der Waals surface area contributed by atoms with E-state index in [4.69, 9.17) is 9.47 Å². The van der Waals surface area contributed by atoms with Crippen molar-refractivity contribution in [3.05, 3.63) is 54.1 Å². The van der Waals surface area contributed by atoms with Gasteiger partial charge in [0.05, 0.1) is 19.1 Å². The Kier molecular flexibility index (Phi) is 7.11. The molecule has 3 rings (SSSR count). The van der Waals surface area contributed by atoms with Gasteiger partial charge in [-0.1, -0.05) is 30.3 Å². The van der Waals surface area contributed by atoms with Crippen LogP contribution in [0.3, 0.4) is 0 Å². The Hall–Kier alpha value is -3.02. The Morgan fingerprint density at radius 1 is 1.07 bits per heavy atom. The highest BCUT2D eigenvalue weighted by Gasteiger charge is 2.34. The summed E-state index contributed by atoms with van der Waals surface area (Å²) in [6, 6.07) is 15.4. The summed E-state index contributed by atoms with van der Waals surface area (Å²) in [6.45, 7) is 5.93. The van der Waals surface area contributed by atoms with Crippen molar-refractivity contribution < 1.29 is 19.1 Å². The third-order valence-corrected chi connectivity index (χ3v) is 4.91. The number of carbonyl (C=O) groups excluding carboxylic acids is 2. The molecule has 0 spiro atoms. The summed E-state index contributed by atoms with van der Waals surface area (Å²) in [5.74, 6) is 0.782. The zero-order valence-electron chi connectivity index (χ0n) is 17.0. The highest BCUT2D eigenvalue weighted by atomic mass is 16.5. The third-order valence-electron chi connectivity index (χ3n) is 4.91. The number of nitrogens with one attached hydrogen (secondary N) is 1. The molecule has 2 aromatic rings. The number of ether oxygens (including phenoxy) is 2. The van der Waals surface area contributed by atoms with Gasteiger partial charge in [-0.3, -0.25) is 9.59 Å². The highest BCUT2D eigenvalue weighted by molar-refractivity contribution is 5.97. The van der Waals surface area contributed by atoms with E-state index in [0.717, 1.165) is 6.42 Å². The van der Waals surface area contributed by atoms with Gasteiger partial charge in [0.1, 0.15) is 0 Å². The van der Waals surface area contributed by atoms with Gasteiger partial charge in [0.2, 0.25) is 11.8 Å². The van der Waals surface area contributed by atoms with Gasteiger partial charge < -0.3 is 19.7 Å². The molecule has 0 bridgehead atoms. The Labute approximate surface area is 171 Å². The fourth-order valence-electron chi connectivity index (χ4n) is 3.45. The fraction of sp³-hybridized carbons (Fsp3) is 0.391. The molecular formula is C23H28N2O4. The number of rotatable bonds is 9. The van der Waals surface area contributed by atoms with Crippen LogP contribution >= 0.6 is 0 Å². The summed E-state index contributed by atoms with van der Waals surface area (Å²) in [6.07, 6.45) is 1.04. The van der Waals surface area contributed by atoms with Crippen molar-refractivity contribution in [1.29, 1.82) is 0 Å². The highest BCUT2D eigenvalue weighted by Crippen LogP contribution is 2.31. The van der Waals surface area contributed by atoms with Crippen molar-refractivity contribution in [3.8, 4) is 11.5 Å². The molecule has 1 atom stereocenters. The summed E-state index contributed by atoms with van der Waals surface area (Å²) < 4.78 is 11.2. The second-order valence-corrected chi connectivity index (χ2v) is 6.99. The molecule has 1 N–H and O–H groups in total. The average Bonchev–Trinajstić information content (AvgIpc) is 3.10. The quantitative estimate of drug-likeness (QED) is 0.704. The minimum Gasteiger partial charge on any atom is -0.490 e. The lowest BCUT2D eigenvalue weighted by Crippen LogP contribution is -2.30. The predicted molar refractivity (Wildman–Crippen MR) is 112 cm³/mol. The Bertz CT molecular complexity index is 838. The van der Waals surface area contributed by atoms with Gasteiger partial charge in [-0.15, -0.1) is 0 Å². The van der Waals surface area contributed by atoms with Crippen molar-refractivity contribution in [2.75, 3.05) is 31.6 Å². The molecule has 2 aromatic carbocycles. The molecule has 6 nitrogen and oxygen atoms in total. The maximum Gasteiger partial charge on any atom is 0.229 e. The third kappa shape index (κ3) is 5.50. The molecule has 0 aromatic heterocycles. The van der Waals surface area contributed by atoms with Crippen LogP contribution in [-0.2, 0) is 16.0 Å². The van der Waals surface area contributed by atoms with Crippen LogP contribution in [0.4, 0.5) is 5.69 Å². The van der Waals surface area contributed by atoms with Gasteiger partial charge in [-0.05, 0) is 38.0 Å². The van der Waals surface area contributed by atoms with Crippen LogP contribution in [0.5, 0.6) is 11.5 Å². The van der Waals surface area contributed by atoms with Gasteiger partial charge in [0, 0.05) is 31.3 Å². The molecule has 1 unspecified atom stereocenters. The lowest BCUT2D eigenvalue weighted by molar-refractivity contribution is -0.128. The number of nitrogens with zero attached hydrogens (tertiary/aromatic N) is 1. The molecule has 6 heteroatoms. The van der Waals surface area contributed by atoms with Crippen LogP contribution in [0.1, 0.15) is 25.8 Å². The molecule has 1 aliphatic heterocycles. The summed E-state index contributed by atoms with van der Waals surface area (Å²) >= 11 is 0. The largest absolute Gasteiger partial charge is 0.490 e. The van der Waals surface area contributed by atoms with Crippen LogP contribution in [0.25, 0.3) is 0 Å². The van der Waals surface area contributed by atoms with E-state index in [1.54, 1.807) is 23.1 Å². The Balaban J connectivity index is 1.58. The molecule has 1 fully saturated rings. The molecule has 0 aliphatic carbocycles. The van der Waals surface area contributed by atoms with E-state index in [2.05, 4.69) is 5.32 Å². The summed E-state index contributed by atoms with van der Waals surface area (Å²) in [5.41, 5.74) is 1.82. The smallest absolute Gasteiger partial charge is 0.229 e. The number of benzene rings is 2. The summed E-state index contributed by atoms with van der Waals surface area (Å²) in [4.78, 5) is 26.8. The predicted octanol–water partition coefficient (Wildman–Crippen LogP) is 3.51. The molecule has 0 radical (unpaired) electrons. The minimum atomic E-state index is -0.347. The first-order valence-corrected chi connectivity index (χ1v) is 10.1. The van der Waals surface area contributed by atoms with Gasteiger partial charge in [-0.25, -0.2) is 0 Å². The lowest BCUT2D eigenvalue weighted by Gasteiger charge is -2.17. The van der Waals surface area contributed by atoms with Gasteiger partial charge in [-0.2, -0.15) is 0 Å². The average molecular weight is 396 g/mol. The van der Waals surface area contributed by atoms with Gasteiger partial charge in [0.25, 0.3) is 0 Å². The van der Waals surface area contributed by atoms with Gasteiger partial charge >= 0.3 is 0 Å². The van der Waals surface area contributed by atoms with E-state index in [0.29, 0.717) is 43.5 Å². The van der Waals surface area contributed by atoms with Crippen molar-refractivity contribution in [2.45, 2.75) is 26.7 Å². The van der Waals surface area contributed by atoms with Gasteiger partial charge in [0.15, 0.2) is 11.5 Å². The topological polar surface area (TPSA) is 67.9 Å². The summed E-state index contributed by atoms with van der Waals surface area (Å²) in [7, 11) is 0.